The molecule has 1 saturated heterocycles. The standard InChI is InChI=1S/C27H34N2O2/c1-4-28-25(31)27(20-8-6-5-7-9-20)16-21(27)17-29-13-12-26(3)18(2)24(29)14-19-10-11-22(30)15-23(19)26/h5-11,15,18,21,24,30H,4,12-14,16-17H2,1-3H3,(H,28,31)/t18-,21-,24?,26+,27+/m0/s1. The number of aromatic hydroxyl groups is 1. The van der Waals surface area contributed by atoms with Crippen molar-refractivity contribution in [1.29, 1.82) is 0 Å². The fourth-order valence-corrected chi connectivity index (χ4v) is 6.57. The quantitative estimate of drug-likeness (QED) is 0.771. The average molecular weight is 419 g/mol. The highest BCUT2D eigenvalue weighted by Gasteiger charge is 2.62. The molecule has 2 aliphatic carbocycles. The molecule has 0 spiro atoms. The highest BCUT2D eigenvalue weighted by atomic mass is 16.3. The van der Waals surface area contributed by atoms with Crippen molar-refractivity contribution in [3.05, 3.63) is 65.2 Å². The van der Waals surface area contributed by atoms with Crippen LogP contribution in [0.5, 0.6) is 5.75 Å². The zero-order valence-corrected chi connectivity index (χ0v) is 18.9. The van der Waals surface area contributed by atoms with Gasteiger partial charge in [-0.1, -0.05) is 50.2 Å². The number of hydrogen-bond acceptors (Lipinski definition) is 3. The molecule has 1 aliphatic heterocycles. The minimum absolute atomic E-state index is 0.104. The van der Waals surface area contributed by atoms with E-state index in [-0.39, 0.29) is 16.7 Å². The Morgan fingerprint density at radius 2 is 2.00 bits per heavy atom. The summed E-state index contributed by atoms with van der Waals surface area (Å²) >= 11 is 0. The molecule has 3 aliphatic rings. The first-order valence-electron chi connectivity index (χ1n) is 11.8. The zero-order chi connectivity index (χ0) is 21.8. The van der Waals surface area contributed by atoms with E-state index in [2.05, 4.69) is 42.3 Å². The van der Waals surface area contributed by atoms with Gasteiger partial charge < -0.3 is 10.4 Å². The number of fused-ring (bicyclic) bond motifs is 4. The van der Waals surface area contributed by atoms with Crippen LogP contribution < -0.4 is 5.32 Å². The third-order valence-electron chi connectivity index (χ3n) is 8.70. The van der Waals surface area contributed by atoms with E-state index in [9.17, 15) is 9.90 Å². The van der Waals surface area contributed by atoms with Gasteiger partial charge in [-0.25, -0.2) is 0 Å². The summed E-state index contributed by atoms with van der Waals surface area (Å²) in [4.78, 5) is 15.8. The Balaban J connectivity index is 1.40. The van der Waals surface area contributed by atoms with E-state index in [1.54, 1.807) is 0 Å². The number of nitrogens with one attached hydrogen (secondary N) is 1. The van der Waals surface area contributed by atoms with Gasteiger partial charge in [-0.2, -0.15) is 0 Å². The van der Waals surface area contributed by atoms with E-state index < -0.39 is 0 Å². The minimum Gasteiger partial charge on any atom is -0.508 e. The second kappa shape index (κ2) is 7.37. The van der Waals surface area contributed by atoms with E-state index in [1.165, 1.54) is 11.1 Å². The van der Waals surface area contributed by atoms with Crippen molar-refractivity contribution in [3.63, 3.8) is 0 Å². The number of likely N-dealkylation sites (tertiary alicyclic amines) is 1. The van der Waals surface area contributed by atoms with Crippen LogP contribution in [-0.2, 0) is 22.0 Å². The van der Waals surface area contributed by atoms with Gasteiger partial charge in [0.05, 0.1) is 5.41 Å². The van der Waals surface area contributed by atoms with Gasteiger partial charge in [0.25, 0.3) is 0 Å². The van der Waals surface area contributed by atoms with Crippen molar-refractivity contribution in [2.24, 2.45) is 11.8 Å². The van der Waals surface area contributed by atoms with Crippen molar-refractivity contribution >= 4 is 5.91 Å². The smallest absolute Gasteiger partial charge is 0.230 e. The molecule has 31 heavy (non-hydrogen) atoms. The molecule has 0 aromatic heterocycles. The van der Waals surface area contributed by atoms with Crippen LogP contribution in [0, 0.1) is 11.8 Å². The summed E-state index contributed by atoms with van der Waals surface area (Å²) in [6.45, 7) is 9.45. The fourth-order valence-electron chi connectivity index (χ4n) is 6.57. The number of amides is 1. The van der Waals surface area contributed by atoms with Crippen molar-refractivity contribution < 1.29 is 9.90 Å². The third-order valence-corrected chi connectivity index (χ3v) is 8.70. The predicted octanol–water partition coefficient (Wildman–Crippen LogP) is 4.01. The lowest BCUT2D eigenvalue weighted by atomic mass is 9.59. The highest BCUT2D eigenvalue weighted by Crippen LogP contribution is 2.56. The summed E-state index contributed by atoms with van der Waals surface area (Å²) in [6, 6.07) is 16.8. The van der Waals surface area contributed by atoms with Crippen molar-refractivity contribution in [1.82, 2.24) is 10.2 Å². The molecular weight excluding hydrogens is 384 g/mol. The normalized spacial score (nSPS) is 34.1. The Bertz CT molecular complexity index is 990. The van der Waals surface area contributed by atoms with Gasteiger partial charge >= 0.3 is 0 Å². The maximum absolute atomic E-state index is 13.2. The Hall–Kier alpha value is -2.33. The summed E-state index contributed by atoms with van der Waals surface area (Å²) in [5.41, 5.74) is 3.60. The van der Waals surface area contributed by atoms with Crippen LogP contribution in [0.1, 0.15) is 50.3 Å². The molecule has 164 valence electrons. The van der Waals surface area contributed by atoms with Crippen LogP contribution >= 0.6 is 0 Å². The van der Waals surface area contributed by atoms with Gasteiger partial charge in [0, 0.05) is 19.1 Å². The first kappa shape index (κ1) is 20.6. The lowest BCUT2D eigenvalue weighted by Gasteiger charge is -2.55. The Morgan fingerprint density at radius 3 is 2.74 bits per heavy atom. The molecule has 2 N–H and O–H groups in total. The molecule has 0 radical (unpaired) electrons. The molecule has 2 fully saturated rings. The van der Waals surface area contributed by atoms with E-state index in [4.69, 9.17) is 0 Å². The second-order valence-electron chi connectivity index (χ2n) is 10.2. The largest absolute Gasteiger partial charge is 0.508 e. The number of likely N-dealkylation sites (N-methyl/N-ethyl adjacent to an activating group) is 1. The summed E-state index contributed by atoms with van der Waals surface area (Å²) in [6.07, 6.45) is 3.05. The number of benzene rings is 2. The van der Waals surface area contributed by atoms with Crippen LogP contribution in [0.25, 0.3) is 0 Å². The summed E-state index contributed by atoms with van der Waals surface area (Å²) in [7, 11) is 0. The van der Waals surface area contributed by atoms with Gasteiger partial charge in [0.1, 0.15) is 5.75 Å². The maximum Gasteiger partial charge on any atom is 0.230 e. The molecule has 4 heteroatoms. The molecule has 1 amide bonds. The highest BCUT2D eigenvalue weighted by molar-refractivity contribution is 5.92. The van der Waals surface area contributed by atoms with E-state index >= 15 is 0 Å². The van der Waals surface area contributed by atoms with Gasteiger partial charge in [-0.15, -0.1) is 0 Å². The van der Waals surface area contributed by atoms with Crippen molar-refractivity contribution in [2.45, 2.75) is 56.9 Å². The number of hydrogen-bond donors (Lipinski definition) is 2. The number of nitrogens with zero attached hydrogens (tertiary/aromatic N) is 1. The SMILES string of the molecule is CCNC(=O)[C@@]1(c2ccccc2)C[C@H]1CN1CC[C@@]2(C)c3cc(O)ccc3CC1[C@@H]2C. The minimum atomic E-state index is -0.375. The molecule has 2 bridgehead atoms. The molecule has 5 atom stereocenters. The van der Waals surface area contributed by atoms with E-state index in [0.717, 1.165) is 37.9 Å². The maximum atomic E-state index is 13.2. The summed E-state index contributed by atoms with van der Waals surface area (Å²) < 4.78 is 0. The average Bonchev–Trinajstić information content (AvgIpc) is 3.49. The number of rotatable bonds is 5. The summed E-state index contributed by atoms with van der Waals surface area (Å²) in [5, 5.41) is 13.2. The number of carbonyl (C=O) groups excluding carboxylic acids is 1. The molecule has 2 aromatic rings. The predicted molar refractivity (Wildman–Crippen MR) is 123 cm³/mol. The first-order valence-corrected chi connectivity index (χ1v) is 11.8. The van der Waals surface area contributed by atoms with Crippen LogP contribution in [0.4, 0.5) is 0 Å². The van der Waals surface area contributed by atoms with Crippen LogP contribution in [0.15, 0.2) is 48.5 Å². The Morgan fingerprint density at radius 1 is 1.23 bits per heavy atom. The molecule has 2 aromatic carbocycles. The Labute approximate surface area is 185 Å². The lowest BCUT2D eigenvalue weighted by molar-refractivity contribution is -0.124. The molecule has 1 heterocycles. The topological polar surface area (TPSA) is 52.6 Å². The lowest BCUT2D eigenvalue weighted by Crippen LogP contribution is -2.58. The number of carbonyl (C=O) groups is 1. The van der Waals surface area contributed by atoms with Gasteiger partial charge in [-0.05, 0) is 78.8 Å². The number of piperidine rings is 1. The second-order valence-corrected chi connectivity index (χ2v) is 10.2. The van der Waals surface area contributed by atoms with Gasteiger partial charge in [0.2, 0.25) is 5.91 Å². The monoisotopic (exact) mass is 418 g/mol. The van der Waals surface area contributed by atoms with Gasteiger partial charge in [0.15, 0.2) is 0 Å². The molecular formula is C27H34N2O2. The van der Waals surface area contributed by atoms with Crippen molar-refractivity contribution in [3.8, 4) is 5.75 Å². The van der Waals surface area contributed by atoms with Gasteiger partial charge in [-0.3, -0.25) is 9.69 Å². The van der Waals surface area contributed by atoms with E-state index in [1.807, 2.05) is 37.3 Å². The van der Waals surface area contributed by atoms with Crippen LogP contribution in [0.2, 0.25) is 0 Å². The van der Waals surface area contributed by atoms with Crippen LogP contribution in [-0.4, -0.2) is 41.6 Å². The van der Waals surface area contributed by atoms with E-state index in [0.29, 0.717) is 30.2 Å². The van der Waals surface area contributed by atoms with Crippen LogP contribution in [0.3, 0.4) is 0 Å². The third kappa shape index (κ3) is 3.10. The molecule has 5 rings (SSSR count). The fraction of sp³-hybridized carbons (Fsp3) is 0.519. The number of phenolic OH excluding ortho intramolecular Hbond substituents is 1. The zero-order valence-electron chi connectivity index (χ0n) is 18.9. The first-order chi connectivity index (χ1) is 14.9. The molecule has 1 saturated carbocycles. The number of phenols is 1. The van der Waals surface area contributed by atoms with Crippen molar-refractivity contribution in [2.75, 3.05) is 19.6 Å². The summed E-state index contributed by atoms with van der Waals surface area (Å²) in [5.74, 6) is 1.44. The Kier molecular flexibility index (Phi) is 4.89. The molecule has 1 unspecified atom stereocenters. The molecule has 4 nitrogen and oxygen atoms in total.